The summed E-state index contributed by atoms with van der Waals surface area (Å²) in [6, 6.07) is 7.75. The van der Waals surface area contributed by atoms with E-state index in [-0.39, 0.29) is 0 Å². The predicted molar refractivity (Wildman–Crippen MR) is 70.5 cm³/mol. The maximum absolute atomic E-state index is 5.95. The fourth-order valence-corrected chi connectivity index (χ4v) is 2.50. The molecule has 84 valence electrons. The molecule has 0 aliphatic rings. The zero-order chi connectivity index (χ0) is 11.7. The number of hydrogen-bond donors (Lipinski definition) is 2. The van der Waals surface area contributed by atoms with Gasteiger partial charge in [-0.2, -0.15) is 0 Å². The van der Waals surface area contributed by atoms with Gasteiger partial charge >= 0.3 is 0 Å². The van der Waals surface area contributed by atoms with Crippen molar-refractivity contribution in [1.29, 1.82) is 0 Å². The van der Waals surface area contributed by atoms with Gasteiger partial charge in [0, 0.05) is 16.1 Å². The van der Waals surface area contributed by atoms with Crippen LogP contribution in [-0.2, 0) is 0 Å². The third-order valence-electron chi connectivity index (χ3n) is 2.41. The largest absolute Gasteiger partial charge is 0.398 e. The van der Waals surface area contributed by atoms with E-state index in [4.69, 9.17) is 11.5 Å². The van der Waals surface area contributed by atoms with Crippen LogP contribution < -0.4 is 11.5 Å². The summed E-state index contributed by atoms with van der Waals surface area (Å²) in [6.07, 6.45) is 0. The minimum Gasteiger partial charge on any atom is -0.398 e. The molecule has 0 saturated carbocycles. The fraction of sp³-hybridized carbons (Fsp3) is 0.250. The summed E-state index contributed by atoms with van der Waals surface area (Å²) in [5.41, 5.74) is 14.4. The van der Waals surface area contributed by atoms with Crippen molar-refractivity contribution in [3.05, 3.63) is 29.1 Å². The lowest BCUT2D eigenvalue weighted by Gasteiger charge is -2.07. The number of nitrogen functional groups attached to an aromatic ring is 2. The summed E-state index contributed by atoms with van der Waals surface area (Å²) in [4.78, 5) is 5.57. The van der Waals surface area contributed by atoms with Gasteiger partial charge in [-0.3, -0.25) is 0 Å². The zero-order valence-electron chi connectivity index (χ0n) is 9.40. The van der Waals surface area contributed by atoms with Crippen LogP contribution in [0.3, 0.4) is 0 Å². The SMILES string of the molecule is CC(C)c1sc(N)nc1-c1ccccc1N. The summed E-state index contributed by atoms with van der Waals surface area (Å²) in [5.74, 6) is 0.407. The Bertz CT molecular complexity index is 503. The fourth-order valence-electron chi connectivity index (χ4n) is 1.65. The van der Waals surface area contributed by atoms with E-state index in [2.05, 4.69) is 18.8 Å². The molecule has 1 aromatic carbocycles. The van der Waals surface area contributed by atoms with Crippen LogP contribution in [-0.4, -0.2) is 4.98 Å². The molecular formula is C12H15N3S. The molecule has 3 nitrogen and oxygen atoms in total. The number of aromatic nitrogens is 1. The highest BCUT2D eigenvalue weighted by molar-refractivity contribution is 7.15. The topological polar surface area (TPSA) is 64.9 Å². The standard InChI is InChI=1S/C12H15N3S/c1-7(2)11-10(15-12(14)16-11)8-5-3-4-6-9(8)13/h3-7H,13H2,1-2H3,(H2,14,15). The predicted octanol–water partition coefficient (Wildman–Crippen LogP) is 3.10. The van der Waals surface area contributed by atoms with Gasteiger partial charge in [-0.05, 0) is 12.0 Å². The Kier molecular flexibility index (Phi) is 2.83. The van der Waals surface area contributed by atoms with Crippen molar-refractivity contribution in [2.45, 2.75) is 19.8 Å². The van der Waals surface area contributed by atoms with E-state index in [0.717, 1.165) is 16.9 Å². The Morgan fingerprint density at radius 1 is 1.19 bits per heavy atom. The van der Waals surface area contributed by atoms with Crippen molar-refractivity contribution >= 4 is 22.2 Å². The second-order valence-corrected chi connectivity index (χ2v) is 5.07. The number of nitrogens with zero attached hydrogens (tertiary/aromatic N) is 1. The normalized spacial score (nSPS) is 10.9. The van der Waals surface area contributed by atoms with Gasteiger partial charge in [-0.1, -0.05) is 32.0 Å². The molecule has 16 heavy (non-hydrogen) atoms. The number of thiazole rings is 1. The number of rotatable bonds is 2. The Morgan fingerprint density at radius 2 is 1.88 bits per heavy atom. The Labute approximate surface area is 99.1 Å². The van der Waals surface area contributed by atoms with Crippen LogP contribution in [0.15, 0.2) is 24.3 Å². The van der Waals surface area contributed by atoms with Gasteiger partial charge in [0.1, 0.15) is 0 Å². The van der Waals surface area contributed by atoms with E-state index < -0.39 is 0 Å². The van der Waals surface area contributed by atoms with Crippen LogP contribution in [0.4, 0.5) is 10.8 Å². The second-order valence-electron chi connectivity index (χ2n) is 4.01. The number of nitrogens with two attached hydrogens (primary N) is 2. The minimum absolute atomic E-state index is 0.407. The molecule has 4 N–H and O–H groups in total. The number of hydrogen-bond acceptors (Lipinski definition) is 4. The average molecular weight is 233 g/mol. The second kappa shape index (κ2) is 4.14. The average Bonchev–Trinajstić information content (AvgIpc) is 2.61. The lowest BCUT2D eigenvalue weighted by molar-refractivity contribution is 0.888. The maximum Gasteiger partial charge on any atom is 0.180 e. The molecule has 0 saturated heterocycles. The third-order valence-corrected chi connectivity index (χ3v) is 3.60. The van der Waals surface area contributed by atoms with Crippen molar-refractivity contribution in [2.24, 2.45) is 0 Å². The van der Waals surface area contributed by atoms with Gasteiger partial charge in [0.25, 0.3) is 0 Å². The highest BCUT2D eigenvalue weighted by Gasteiger charge is 2.15. The lowest BCUT2D eigenvalue weighted by Crippen LogP contribution is -1.93. The Morgan fingerprint density at radius 3 is 2.50 bits per heavy atom. The van der Waals surface area contributed by atoms with E-state index in [1.165, 1.54) is 16.2 Å². The highest BCUT2D eigenvalue weighted by Crippen LogP contribution is 2.36. The van der Waals surface area contributed by atoms with Crippen LogP contribution in [0.5, 0.6) is 0 Å². The number of benzene rings is 1. The highest BCUT2D eigenvalue weighted by atomic mass is 32.1. The zero-order valence-corrected chi connectivity index (χ0v) is 10.2. The summed E-state index contributed by atoms with van der Waals surface area (Å²) in [7, 11) is 0. The maximum atomic E-state index is 5.95. The summed E-state index contributed by atoms with van der Waals surface area (Å²) >= 11 is 1.54. The third kappa shape index (κ3) is 1.88. The van der Waals surface area contributed by atoms with E-state index in [1.807, 2.05) is 24.3 Å². The molecule has 0 atom stereocenters. The van der Waals surface area contributed by atoms with Crippen LogP contribution in [0.25, 0.3) is 11.3 Å². The first-order valence-corrected chi connectivity index (χ1v) is 6.02. The first-order chi connectivity index (χ1) is 7.59. The first kappa shape index (κ1) is 11.0. The van der Waals surface area contributed by atoms with Crippen molar-refractivity contribution < 1.29 is 0 Å². The molecule has 1 heterocycles. The minimum atomic E-state index is 0.407. The van der Waals surface area contributed by atoms with Crippen molar-refractivity contribution in [3.8, 4) is 11.3 Å². The van der Waals surface area contributed by atoms with Crippen molar-refractivity contribution in [1.82, 2.24) is 4.98 Å². The van der Waals surface area contributed by atoms with Crippen LogP contribution in [0, 0.1) is 0 Å². The summed E-state index contributed by atoms with van der Waals surface area (Å²) in [5, 5.41) is 0.599. The lowest BCUT2D eigenvalue weighted by atomic mass is 10.0. The molecule has 2 aromatic rings. The number of anilines is 2. The number of para-hydroxylation sites is 1. The monoisotopic (exact) mass is 233 g/mol. The molecule has 0 bridgehead atoms. The summed E-state index contributed by atoms with van der Waals surface area (Å²) < 4.78 is 0. The smallest absolute Gasteiger partial charge is 0.180 e. The van der Waals surface area contributed by atoms with E-state index in [0.29, 0.717) is 11.0 Å². The van der Waals surface area contributed by atoms with Gasteiger partial charge in [0.15, 0.2) is 5.13 Å². The van der Waals surface area contributed by atoms with E-state index in [1.54, 1.807) is 0 Å². The molecular weight excluding hydrogens is 218 g/mol. The van der Waals surface area contributed by atoms with Gasteiger partial charge < -0.3 is 11.5 Å². The molecule has 4 heteroatoms. The van der Waals surface area contributed by atoms with Gasteiger partial charge in [0.05, 0.1) is 5.69 Å². The Balaban J connectivity index is 2.60. The molecule has 0 fully saturated rings. The van der Waals surface area contributed by atoms with E-state index in [9.17, 15) is 0 Å². The van der Waals surface area contributed by atoms with Crippen LogP contribution >= 0.6 is 11.3 Å². The van der Waals surface area contributed by atoms with E-state index >= 15 is 0 Å². The quantitative estimate of drug-likeness (QED) is 0.783. The Hall–Kier alpha value is -1.55. The van der Waals surface area contributed by atoms with Gasteiger partial charge in [0.2, 0.25) is 0 Å². The molecule has 1 aromatic heterocycles. The van der Waals surface area contributed by atoms with Crippen LogP contribution in [0.2, 0.25) is 0 Å². The molecule has 0 amide bonds. The first-order valence-electron chi connectivity index (χ1n) is 5.20. The molecule has 0 aliphatic heterocycles. The molecule has 0 unspecified atom stereocenters. The van der Waals surface area contributed by atoms with Crippen molar-refractivity contribution in [2.75, 3.05) is 11.5 Å². The van der Waals surface area contributed by atoms with Gasteiger partial charge in [-0.25, -0.2) is 4.98 Å². The molecule has 2 rings (SSSR count). The molecule has 0 aliphatic carbocycles. The van der Waals surface area contributed by atoms with Crippen LogP contribution in [0.1, 0.15) is 24.6 Å². The summed E-state index contributed by atoms with van der Waals surface area (Å²) in [6.45, 7) is 4.27. The molecule has 0 radical (unpaired) electrons. The van der Waals surface area contributed by atoms with Gasteiger partial charge in [-0.15, -0.1) is 11.3 Å². The molecule has 0 spiro atoms. The van der Waals surface area contributed by atoms with Crippen molar-refractivity contribution in [3.63, 3.8) is 0 Å².